The van der Waals surface area contributed by atoms with Crippen molar-refractivity contribution in [3.63, 3.8) is 0 Å². The molecule has 4 N–H and O–H groups in total. The zero-order valence-corrected chi connectivity index (χ0v) is 14.2. The molecule has 136 valence electrons. The van der Waals surface area contributed by atoms with E-state index < -0.39 is 23.4 Å². The van der Waals surface area contributed by atoms with Gasteiger partial charge in [0, 0.05) is 24.1 Å². The Bertz CT molecular complexity index is 985. The fourth-order valence-electron chi connectivity index (χ4n) is 3.52. The molecule has 4 rings (SSSR count). The van der Waals surface area contributed by atoms with Gasteiger partial charge in [0.25, 0.3) is 11.8 Å². The molecular formula is C19H16N4O4. The topological polar surface area (TPSA) is 122 Å². The first-order valence-corrected chi connectivity index (χ1v) is 8.38. The molecule has 27 heavy (non-hydrogen) atoms. The summed E-state index contributed by atoms with van der Waals surface area (Å²) in [5, 5.41) is 5.42. The minimum atomic E-state index is -1.48. The second-order valence-electron chi connectivity index (χ2n) is 6.46. The summed E-state index contributed by atoms with van der Waals surface area (Å²) < 4.78 is 0. The summed E-state index contributed by atoms with van der Waals surface area (Å²) in [5.41, 5.74) is 5.23. The number of rotatable bonds is 3. The minimum Gasteiger partial charge on any atom is -0.366 e. The second kappa shape index (κ2) is 5.94. The number of amides is 4. The summed E-state index contributed by atoms with van der Waals surface area (Å²) in [6, 6.07) is 12.7. The van der Waals surface area contributed by atoms with Crippen molar-refractivity contribution in [2.75, 3.05) is 10.2 Å². The fraction of sp³-hybridized carbons (Fsp3) is 0.158. The Hall–Kier alpha value is -3.68. The zero-order chi connectivity index (χ0) is 19.2. The lowest BCUT2D eigenvalue weighted by molar-refractivity contribution is -0.124. The Kier molecular flexibility index (Phi) is 3.69. The Labute approximate surface area is 154 Å². The van der Waals surface area contributed by atoms with E-state index in [2.05, 4.69) is 10.6 Å². The van der Waals surface area contributed by atoms with E-state index in [1.807, 2.05) is 0 Å². The van der Waals surface area contributed by atoms with E-state index in [0.29, 0.717) is 22.5 Å². The van der Waals surface area contributed by atoms with Crippen LogP contribution in [-0.2, 0) is 9.59 Å². The summed E-state index contributed by atoms with van der Waals surface area (Å²) in [6.45, 7) is 0. The van der Waals surface area contributed by atoms with Gasteiger partial charge in [-0.25, -0.2) is 0 Å². The molecule has 2 aliphatic rings. The number of nitrogens with zero attached hydrogens (tertiary/aromatic N) is 1. The van der Waals surface area contributed by atoms with Gasteiger partial charge < -0.3 is 16.4 Å². The predicted octanol–water partition coefficient (Wildman–Crippen LogP) is 0.991. The van der Waals surface area contributed by atoms with Gasteiger partial charge in [-0.05, 0) is 36.4 Å². The van der Waals surface area contributed by atoms with Crippen LogP contribution < -0.4 is 21.3 Å². The van der Waals surface area contributed by atoms with E-state index in [1.54, 1.807) is 24.3 Å². The maximum absolute atomic E-state index is 13.1. The Balaban J connectivity index is 1.69. The quantitative estimate of drug-likeness (QED) is 0.752. The van der Waals surface area contributed by atoms with Gasteiger partial charge in [-0.2, -0.15) is 0 Å². The van der Waals surface area contributed by atoms with E-state index in [1.165, 1.54) is 29.2 Å². The summed E-state index contributed by atoms with van der Waals surface area (Å²) in [5.74, 6) is -1.74. The van der Waals surface area contributed by atoms with Crippen LogP contribution in [-0.4, -0.2) is 29.3 Å². The van der Waals surface area contributed by atoms with Gasteiger partial charge >= 0.3 is 0 Å². The van der Waals surface area contributed by atoms with Gasteiger partial charge in [0.1, 0.15) is 0 Å². The van der Waals surface area contributed by atoms with Gasteiger partial charge in [-0.3, -0.25) is 24.1 Å². The summed E-state index contributed by atoms with van der Waals surface area (Å²) >= 11 is 0. The third kappa shape index (κ3) is 2.53. The molecule has 0 saturated carbocycles. The highest BCUT2D eigenvalue weighted by atomic mass is 16.2. The molecular weight excluding hydrogens is 348 g/mol. The number of hydrogen-bond donors (Lipinski definition) is 3. The van der Waals surface area contributed by atoms with Crippen LogP contribution in [0.3, 0.4) is 0 Å². The first-order valence-electron chi connectivity index (χ1n) is 8.38. The standard InChI is InChI=1S/C19H16N4O4/c20-16(25)11-5-7-12(8-6-11)21-18(27)19-10-9-15(24)23(19)14-4-2-1-3-13(14)17(26)22-19/h1-8H,9-10H2,(H2,20,25)(H,21,27)(H,22,26). The van der Waals surface area contributed by atoms with Gasteiger partial charge in [0.2, 0.25) is 17.5 Å². The molecule has 0 aliphatic carbocycles. The average molecular weight is 364 g/mol. The number of anilines is 2. The van der Waals surface area contributed by atoms with E-state index in [0.717, 1.165) is 0 Å². The van der Waals surface area contributed by atoms with Crippen LogP contribution in [0, 0.1) is 0 Å². The van der Waals surface area contributed by atoms with Gasteiger partial charge in [0.05, 0.1) is 11.3 Å². The molecule has 0 spiro atoms. The molecule has 2 aliphatic heterocycles. The third-order valence-corrected chi connectivity index (χ3v) is 4.84. The number of benzene rings is 2. The molecule has 0 aromatic heterocycles. The molecule has 2 aromatic carbocycles. The number of carbonyl (C=O) groups excluding carboxylic acids is 4. The normalized spacial score (nSPS) is 20.5. The van der Waals surface area contributed by atoms with Crippen molar-refractivity contribution in [2.24, 2.45) is 5.73 Å². The van der Waals surface area contributed by atoms with Crippen molar-refractivity contribution in [1.82, 2.24) is 5.32 Å². The molecule has 8 nitrogen and oxygen atoms in total. The lowest BCUT2D eigenvalue weighted by atomic mass is 9.98. The Morgan fingerprint density at radius 2 is 1.78 bits per heavy atom. The smallest absolute Gasteiger partial charge is 0.271 e. The van der Waals surface area contributed by atoms with E-state index in [-0.39, 0.29) is 18.7 Å². The van der Waals surface area contributed by atoms with E-state index in [9.17, 15) is 19.2 Å². The lowest BCUT2D eigenvalue weighted by Gasteiger charge is -2.41. The Morgan fingerprint density at radius 1 is 1.07 bits per heavy atom. The molecule has 8 heteroatoms. The van der Waals surface area contributed by atoms with Crippen molar-refractivity contribution in [2.45, 2.75) is 18.5 Å². The zero-order valence-electron chi connectivity index (χ0n) is 14.2. The van der Waals surface area contributed by atoms with Gasteiger partial charge in [-0.1, -0.05) is 12.1 Å². The monoisotopic (exact) mass is 364 g/mol. The van der Waals surface area contributed by atoms with E-state index in [4.69, 9.17) is 5.73 Å². The van der Waals surface area contributed by atoms with Gasteiger partial charge in [0.15, 0.2) is 0 Å². The fourth-order valence-corrected chi connectivity index (χ4v) is 3.52. The first-order chi connectivity index (χ1) is 12.9. The molecule has 2 heterocycles. The minimum absolute atomic E-state index is 0.142. The molecule has 0 radical (unpaired) electrons. The number of primary amides is 1. The first kappa shape index (κ1) is 16.8. The summed E-state index contributed by atoms with van der Waals surface area (Å²) in [4.78, 5) is 50.6. The number of carbonyl (C=O) groups is 4. The predicted molar refractivity (Wildman–Crippen MR) is 96.9 cm³/mol. The molecule has 2 aromatic rings. The highest BCUT2D eigenvalue weighted by molar-refractivity contribution is 6.18. The third-order valence-electron chi connectivity index (χ3n) is 4.84. The van der Waals surface area contributed by atoms with Crippen molar-refractivity contribution in [3.05, 3.63) is 59.7 Å². The van der Waals surface area contributed by atoms with E-state index >= 15 is 0 Å². The van der Waals surface area contributed by atoms with Crippen LogP contribution >= 0.6 is 0 Å². The summed E-state index contributed by atoms with van der Waals surface area (Å²) in [7, 11) is 0. The highest BCUT2D eigenvalue weighted by Crippen LogP contribution is 2.39. The van der Waals surface area contributed by atoms with Gasteiger partial charge in [-0.15, -0.1) is 0 Å². The maximum Gasteiger partial charge on any atom is 0.271 e. The molecule has 0 bridgehead atoms. The summed E-state index contributed by atoms with van der Waals surface area (Å²) in [6.07, 6.45) is 0.305. The van der Waals surface area contributed by atoms with Crippen LogP contribution in [0.15, 0.2) is 48.5 Å². The number of hydrogen-bond acceptors (Lipinski definition) is 4. The average Bonchev–Trinajstić information content (AvgIpc) is 3.00. The van der Waals surface area contributed by atoms with Crippen LogP contribution in [0.5, 0.6) is 0 Å². The van der Waals surface area contributed by atoms with Crippen molar-refractivity contribution >= 4 is 35.0 Å². The van der Waals surface area contributed by atoms with Crippen LogP contribution in [0.25, 0.3) is 0 Å². The van der Waals surface area contributed by atoms with Crippen LogP contribution in [0.1, 0.15) is 33.6 Å². The number of nitrogens with two attached hydrogens (primary N) is 1. The Morgan fingerprint density at radius 3 is 2.48 bits per heavy atom. The molecule has 1 fully saturated rings. The van der Waals surface area contributed by atoms with Crippen molar-refractivity contribution in [3.8, 4) is 0 Å². The largest absolute Gasteiger partial charge is 0.366 e. The molecule has 4 amide bonds. The molecule has 1 unspecified atom stereocenters. The number of para-hydroxylation sites is 1. The second-order valence-corrected chi connectivity index (χ2v) is 6.46. The van der Waals surface area contributed by atoms with Crippen molar-refractivity contribution < 1.29 is 19.2 Å². The highest BCUT2D eigenvalue weighted by Gasteiger charge is 2.56. The molecule has 1 saturated heterocycles. The van der Waals surface area contributed by atoms with Crippen molar-refractivity contribution in [1.29, 1.82) is 0 Å². The van der Waals surface area contributed by atoms with Crippen LogP contribution in [0.4, 0.5) is 11.4 Å². The number of nitrogens with one attached hydrogen (secondary N) is 2. The number of fused-ring (bicyclic) bond motifs is 3. The lowest BCUT2D eigenvalue weighted by Crippen LogP contribution is -2.68. The van der Waals surface area contributed by atoms with Crippen LogP contribution in [0.2, 0.25) is 0 Å². The maximum atomic E-state index is 13.1. The molecule has 1 atom stereocenters. The SMILES string of the molecule is NC(=O)c1ccc(NC(=O)C23CCC(=O)N2c2ccccc2C(=O)N3)cc1.